The quantitative estimate of drug-likeness (QED) is 0.821. The number of nitrogens with two attached hydrogens (primary N) is 1. The summed E-state index contributed by atoms with van der Waals surface area (Å²) in [5.41, 5.74) is 4.80. The fourth-order valence-corrected chi connectivity index (χ4v) is 1.83. The fraction of sp³-hybridized carbons (Fsp3) is 0.333. The third kappa shape index (κ3) is 3.15. The zero-order valence-electron chi connectivity index (χ0n) is 8.33. The Labute approximate surface area is 103 Å². The number of thiophene rings is 1. The SMILES string of the molecule is CC(C)(NC(=O)c1ccc(Cl)s1)C(N)=S. The minimum atomic E-state index is -0.692. The van der Waals surface area contributed by atoms with Crippen LogP contribution < -0.4 is 11.1 Å². The van der Waals surface area contributed by atoms with Crippen molar-refractivity contribution >= 4 is 46.1 Å². The van der Waals surface area contributed by atoms with Gasteiger partial charge < -0.3 is 11.1 Å². The van der Waals surface area contributed by atoms with E-state index in [0.717, 1.165) is 0 Å². The molecule has 1 amide bonds. The molecule has 0 aromatic carbocycles. The molecule has 1 rings (SSSR count). The van der Waals surface area contributed by atoms with Gasteiger partial charge in [-0.1, -0.05) is 23.8 Å². The first-order valence-electron chi connectivity index (χ1n) is 4.20. The highest BCUT2D eigenvalue weighted by molar-refractivity contribution is 7.80. The summed E-state index contributed by atoms with van der Waals surface area (Å²) in [6.07, 6.45) is 0. The Bertz CT molecular complexity index is 401. The van der Waals surface area contributed by atoms with Gasteiger partial charge in [0.25, 0.3) is 5.91 Å². The second-order valence-electron chi connectivity index (χ2n) is 3.55. The van der Waals surface area contributed by atoms with E-state index in [1.54, 1.807) is 26.0 Å². The second kappa shape index (κ2) is 4.47. The summed E-state index contributed by atoms with van der Waals surface area (Å²) in [5, 5.41) is 2.73. The number of carbonyl (C=O) groups is 1. The number of rotatable bonds is 3. The van der Waals surface area contributed by atoms with E-state index in [2.05, 4.69) is 5.32 Å². The van der Waals surface area contributed by atoms with Gasteiger partial charge in [0.2, 0.25) is 0 Å². The van der Waals surface area contributed by atoms with Crippen LogP contribution in [0.4, 0.5) is 0 Å². The molecule has 0 fully saturated rings. The molecule has 0 saturated heterocycles. The lowest BCUT2D eigenvalue weighted by Crippen LogP contribution is -2.51. The van der Waals surface area contributed by atoms with Crippen molar-refractivity contribution in [1.29, 1.82) is 0 Å². The molecule has 1 aromatic heterocycles. The molecule has 0 atom stereocenters. The topological polar surface area (TPSA) is 55.1 Å². The summed E-state index contributed by atoms with van der Waals surface area (Å²) in [7, 11) is 0. The Balaban J connectivity index is 2.76. The van der Waals surface area contributed by atoms with Gasteiger partial charge in [-0.2, -0.15) is 0 Å². The lowest BCUT2D eigenvalue weighted by molar-refractivity contribution is 0.0936. The third-order valence-corrected chi connectivity index (χ3v) is 3.58. The average molecular weight is 263 g/mol. The van der Waals surface area contributed by atoms with Crippen molar-refractivity contribution in [2.45, 2.75) is 19.4 Å². The highest BCUT2D eigenvalue weighted by Crippen LogP contribution is 2.21. The number of hydrogen-bond donors (Lipinski definition) is 2. The van der Waals surface area contributed by atoms with Crippen molar-refractivity contribution < 1.29 is 4.79 Å². The van der Waals surface area contributed by atoms with Gasteiger partial charge in [0.1, 0.15) is 0 Å². The van der Waals surface area contributed by atoms with E-state index in [4.69, 9.17) is 29.6 Å². The number of carbonyl (C=O) groups excluding carboxylic acids is 1. The number of thiocarbonyl (C=S) groups is 1. The highest BCUT2D eigenvalue weighted by atomic mass is 35.5. The monoisotopic (exact) mass is 262 g/mol. The first-order valence-corrected chi connectivity index (χ1v) is 5.81. The predicted octanol–water partition coefficient (Wildman–Crippen LogP) is 2.20. The molecule has 0 unspecified atom stereocenters. The lowest BCUT2D eigenvalue weighted by Gasteiger charge is -2.24. The minimum Gasteiger partial charge on any atom is -0.391 e. The van der Waals surface area contributed by atoms with Crippen LogP contribution in [0.25, 0.3) is 0 Å². The molecule has 0 radical (unpaired) electrons. The Morgan fingerprint density at radius 3 is 2.60 bits per heavy atom. The standard InChI is InChI=1S/C9H11ClN2OS2/c1-9(2,8(11)14)12-7(13)5-3-4-6(10)15-5/h3-4H,1-2H3,(H2,11,14)(H,12,13). The van der Waals surface area contributed by atoms with Crippen molar-refractivity contribution in [1.82, 2.24) is 5.32 Å². The van der Waals surface area contributed by atoms with Crippen LogP contribution in [0.1, 0.15) is 23.5 Å². The smallest absolute Gasteiger partial charge is 0.262 e. The van der Waals surface area contributed by atoms with Crippen molar-refractivity contribution in [2.24, 2.45) is 5.73 Å². The van der Waals surface area contributed by atoms with Gasteiger partial charge in [-0.3, -0.25) is 4.79 Å². The van der Waals surface area contributed by atoms with Crippen LogP contribution in [-0.4, -0.2) is 16.4 Å². The molecule has 0 aliphatic rings. The molecule has 0 spiro atoms. The lowest BCUT2D eigenvalue weighted by atomic mass is 10.1. The van der Waals surface area contributed by atoms with Crippen molar-refractivity contribution in [3.63, 3.8) is 0 Å². The summed E-state index contributed by atoms with van der Waals surface area (Å²) in [5.74, 6) is -0.218. The minimum absolute atomic E-state index is 0.218. The van der Waals surface area contributed by atoms with Crippen LogP contribution in [0, 0.1) is 0 Å². The normalized spacial score (nSPS) is 11.1. The molecule has 1 heterocycles. The molecule has 3 nitrogen and oxygen atoms in total. The van der Waals surface area contributed by atoms with Gasteiger partial charge in [0.15, 0.2) is 0 Å². The Kier molecular flexibility index (Phi) is 3.70. The van der Waals surface area contributed by atoms with E-state index in [0.29, 0.717) is 9.21 Å². The maximum atomic E-state index is 11.7. The van der Waals surface area contributed by atoms with Gasteiger partial charge in [0.05, 0.1) is 19.7 Å². The Hall–Kier alpha value is -0.650. The second-order valence-corrected chi connectivity index (χ2v) is 5.70. The van der Waals surface area contributed by atoms with Gasteiger partial charge in [-0.25, -0.2) is 0 Å². The van der Waals surface area contributed by atoms with Crippen LogP contribution in [0.15, 0.2) is 12.1 Å². The van der Waals surface area contributed by atoms with Gasteiger partial charge in [-0.05, 0) is 26.0 Å². The summed E-state index contributed by atoms with van der Waals surface area (Å²) in [4.78, 5) is 12.5. The summed E-state index contributed by atoms with van der Waals surface area (Å²) in [6.45, 7) is 3.50. The molecule has 15 heavy (non-hydrogen) atoms. The van der Waals surface area contributed by atoms with Crippen molar-refractivity contribution in [3.8, 4) is 0 Å². The van der Waals surface area contributed by atoms with E-state index in [-0.39, 0.29) is 10.9 Å². The molecule has 3 N–H and O–H groups in total. The molecule has 82 valence electrons. The maximum absolute atomic E-state index is 11.7. The Morgan fingerprint density at radius 2 is 2.20 bits per heavy atom. The molecular formula is C9H11ClN2OS2. The van der Waals surface area contributed by atoms with E-state index < -0.39 is 5.54 Å². The highest BCUT2D eigenvalue weighted by Gasteiger charge is 2.24. The molecule has 1 aromatic rings. The average Bonchev–Trinajstić information content (AvgIpc) is 2.50. The summed E-state index contributed by atoms with van der Waals surface area (Å²) < 4.78 is 0.577. The van der Waals surface area contributed by atoms with E-state index in [1.807, 2.05) is 0 Å². The zero-order valence-corrected chi connectivity index (χ0v) is 10.7. The maximum Gasteiger partial charge on any atom is 0.262 e. The van der Waals surface area contributed by atoms with Crippen molar-refractivity contribution in [3.05, 3.63) is 21.3 Å². The molecule has 6 heteroatoms. The first kappa shape index (κ1) is 12.4. The number of amides is 1. The molecule has 0 aliphatic heterocycles. The van der Waals surface area contributed by atoms with E-state index >= 15 is 0 Å². The van der Waals surface area contributed by atoms with Crippen LogP contribution in [-0.2, 0) is 0 Å². The molecule has 0 aliphatic carbocycles. The van der Waals surface area contributed by atoms with Crippen LogP contribution in [0.5, 0.6) is 0 Å². The predicted molar refractivity (Wildman–Crippen MR) is 67.7 cm³/mol. The van der Waals surface area contributed by atoms with Crippen LogP contribution in [0.2, 0.25) is 4.34 Å². The van der Waals surface area contributed by atoms with E-state index in [1.165, 1.54) is 11.3 Å². The van der Waals surface area contributed by atoms with Crippen LogP contribution >= 0.6 is 35.2 Å². The van der Waals surface area contributed by atoms with Gasteiger partial charge >= 0.3 is 0 Å². The molecule has 0 bridgehead atoms. The van der Waals surface area contributed by atoms with Gasteiger partial charge in [0, 0.05) is 0 Å². The first-order chi connectivity index (χ1) is 6.83. The molecule has 0 saturated carbocycles. The molecular weight excluding hydrogens is 252 g/mol. The number of nitrogens with one attached hydrogen (secondary N) is 1. The Morgan fingerprint density at radius 1 is 1.60 bits per heavy atom. The zero-order chi connectivity index (χ0) is 11.6. The fourth-order valence-electron chi connectivity index (χ4n) is 0.843. The number of hydrogen-bond acceptors (Lipinski definition) is 3. The number of halogens is 1. The summed E-state index contributed by atoms with van der Waals surface area (Å²) >= 11 is 11.8. The summed E-state index contributed by atoms with van der Waals surface area (Å²) in [6, 6.07) is 3.34. The van der Waals surface area contributed by atoms with Gasteiger partial charge in [-0.15, -0.1) is 11.3 Å². The largest absolute Gasteiger partial charge is 0.391 e. The van der Waals surface area contributed by atoms with Crippen LogP contribution in [0.3, 0.4) is 0 Å². The van der Waals surface area contributed by atoms with E-state index in [9.17, 15) is 4.79 Å². The third-order valence-electron chi connectivity index (χ3n) is 1.84. The van der Waals surface area contributed by atoms with Crippen molar-refractivity contribution in [2.75, 3.05) is 0 Å².